The topological polar surface area (TPSA) is 39.1 Å². The molecule has 3 rings (SSSR count). The summed E-state index contributed by atoms with van der Waals surface area (Å²) < 4.78 is 40.6. The second-order valence-electron chi connectivity index (χ2n) is 5.59. The minimum absolute atomic E-state index is 0.132. The van der Waals surface area contributed by atoms with Crippen LogP contribution in [0.3, 0.4) is 0 Å². The molecule has 0 spiro atoms. The van der Waals surface area contributed by atoms with Gasteiger partial charge in [-0.05, 0) is 30.2 Å². The SMILES string of the molecule is CCCn1cc(S(=O)(=O)Cc2ccc(F)cc2)c2ccccc21. The van der Waals surface area contributed by atoms with E-state index in [1.165, 1.54) is 24.3 Å². The second kappa shape index (κ2) is 6.16. The Morgan fingerprint density at radius 1 is 1.04 bits per heavy atom. The molecule has 5 heteroatoms. The Balaban J connectivity index is 2.06. The number of hydrogen-bond acceptors (Lipinski definition) is 2. The average Bonchev–Trinajstić information content (AvgIpc) is 2.90. The lowest BCUT2D eigenvalue weighted by Crippen LogP contribution is -2.04. The van der Waals surface area contributed by atoms with Crippen molar-refractivity contribution >= 4 is 20.7 Å². The molecule has 0 saturated carbocycles. The third kappa shape index (κ3) is 3.15. The van der Waals surface area contributed by atoms with Crippen LogP contribution >= 0.6 is 0 Å². The fourth-order valence-corrected chi connectivity index (χ4v) is 4.35. The zero-order valence-electron chi connectivity index (χ0n) is 12.9. The molecule has 0 bridgehead atoms. The van der Waals surface area contributed by atoms with Crippen molar-refractivity contribution in [3.05, 3.63) is 66.1 Å². The number of benzene rings is 2. The van der Waals surface area contributed by atoms with E-state index in [4.69, 9.17) is 0 Å². The van der Waals surface area contributed by atoms with Crippen LogP contribution in [0.15, 0.2) is 59.6 Å². The van der Waals surface area contributed by atoms with Crippen LogP contribution in [-0.4, -0.2) is 13.0 Å². The highest BCUT2D eigenvalue weighted by Gasteiger charge is 2.21. The van der Waals surface area contributed by atoms with Crippen molar-refractivity contribution in [3.8, 4) is 0 Å². The van der Waals surface area contributed by atoms with Gasteiger partial charge in [-0.25, -0.2) is 12.8 Å². The number of aromatic nitrogens is 1. The van der Waals surface area contributed by atoms with Crippen LogP contribution in [0, 0.1) is 5.82 Å². The summed E-state index contributed by atoms with van der Waals surface area (Å²) in [5.41, 5.74) is 1.51. The molecule has 0 radical (unpaired) electrons. The first kappa shape index (κ1) is 15.7. The Morgan fingerprint density at radius 2 is 1.74 bits per heavy atom. The Bertz CT molecular complexity index is 927. The van der Waals surface area contributed by atoms with E-state index in [9.17, 15) is 12.8 Å². The monoisotopic (exact) mass is 331 g/mol. The van der Waals surface area contributed by atoms with Gasteiger partial charge in [0, 0.05) is 23.6 Å². The van der Waals surface area contributed by atoms with Gasteiger partial charge in [-0.2, -0.15) is 0 Å². The highest BCUT2D eigenvalue weighted by Crippen LogP contribution is 2.28. The summed E-state index contributed by atoms with van der Waals surface area (Å²) in [5, 5.41) is 0.739. The van der Waals surface area contributed by atoms with E-state index in [-0.39, 0.29) is 11.6 Å². The summed E-state index contributed by atoms with van der Waals surface area (Å²) >= 11 is 0. The Labute approximate surface area is 135 Å². The van der Waals surface area contributed by atoms with Crippen molar-refractivity contribution in [2.24, 2.45) is 0 Å². The zero-order chi connectivity index (χ0) is 16.4. The van der Waals surface area contributed by atoms with Crippen LogP contribution < -0.4 is 0 Å². The van der Waals surface area contributed by atoms with Gasteiger partial charge in [-0.15, -0.1) is 0 Å². The predicted molar refractivity (Wildman–Crippen MR) is 89.5 cm³/mol. The number of nitrogens with zero attached hydrogens (tertiary/aromatic N) is 1. The quantitative estimate of drug-likeness (QED) is 0.704. The van der Waals surface area contributed by atoms with E-state index in [2.05, 4.69) is 6.92 Å². The van der Waals surface area contributed by atoms with Crippen LogP contribution in [-0.2, 0) is 22.1 Å². The maximum atomic E-state index is 13.0. The highest BCUT2D eigenvalue weighted by atomic mass is 32.2. The maximum absolute atomic E-state index is 13.0. The number of para-hydroxylation sites is 1. The zero-order valence-corrected chi connectivity index (χ0v) is 13.7. The molecular formula is C18H18FNO2S. The first-order chi connectivity index (χ1) is 11.0. The molecule has 0 aliphatic heterocycles. The van der Waals surface area contributed by atoms with E-state index in [0.717, 1.165) is 23.9 Å². The van der Waals surface area contributed by atoms with Gasteiger partial charge in [-0.3, -0.25) is 0 Å². The van der Waals surface area contributed by atoms with E-state index in [1.807, 2.05) is 28.8 Å². The number of hydrogen-bond donors (Lipinski definition) is 0. The molecule has 0 saturated heterocycles. The number of aryl methyl sites for hydroxylation is 1. The van der Waals surface area contributed by atoms with Crippen molar-refractivity contribution in [1.82, 2.24) is 4.57 Å². The third-order valence-electron chi connectivity index (χ3n) is 3.82. The van der Waals surface area contributed by atoms with Crippen LogP contribution in [0.2, 0.25) is 0 Å². The smallest absolute Gasteiger partial charge is 0.184 e. The lowest BCUT2D eigenvalue weighted by atomic mass is 10.2. The van der Waals surface area contributed by atoms with Gasteiger partial charge in [0.2, 0.25) is 0 Å². The van der Waals surface area contributed by atoms with Gasteiger partial charge in [-0.1, -0.05) is 37.3 Å². The second-order valence-corrected chi connectivity index (χ2v) is 7.55. The largest absolute Gasteiger partial charge is 0.346 e. The molecule has 3 aromatic rings. The minimum Gasteiger partial charge on any atom is -0.346 e. The molecule has 1 heterocycles. The Kier molecular flexibility index (Phi) is 4.22. The van der Waals surface area contributed by atoms with Gasteiger partial charge in [0.1, 0.15) is 5.82 Å². The van der Waals surface area contributed by atoms with E-state index in [0.29, 0.717) is 10.5 Å². The molecule has 3 nitrogen and oxygen atoms in total. The fourth-order valence-electron chi connectivity index (χ4n) is 2.76. The molecular weight excluding hydrogens is 313 g/mol. The number of rotatable bonds is 5. The maximum Gasteiger partial charge on any atom is 0.184 e. The molecule has 2 aromatic carbocycles. The molecule has 0 fully saturated rings. The Hall–Kier alpha value is -2.14. The summed E-state index contributed by atoms with van der Waals surface area (Å²) in [6.45, 7) is 2.83. The van der Waals surface area contributed by atoms with Crippen LogP contribution in [0.1, 0.15) is 18.9 Å². The first-order valence-electron chi connectivity index (χ1n) is 7.56. The van der Waals surface area contributed by atoms with Gasteiger partial charge in [0.15, 0.2) is 9.84 Å². The Morgan fingerprint density at radius 3 is 2.43 bits per heavy atom. The van der Waals surface area contributed by atoms with Gasteiger partial charge in [0.05, 0.1) is 10.6 Å². The lowest BCUT2D eigenvalue weighted by molar-refractivity contribution is 0.594. The summed E-state index contributed by atoms with van der Waals surface area (Å²) in [6.07, 6.45) is 2.64. The van der Waals surface area contributed by atoms with Crippen molar-refractivity contribution < 1.29 is 12.8 Å². The average molecular weight is 331 g/mol. The standard InChI is InChI=1S/C18H18FNO2S/c1-2-11-20-12-18(16-5-3-4-6-17(16)20)23(21,22)13-14-7-9-15(19)10-8-14/h3-10,12H,2,11,13H2,1H3. The first-order valence-corrected chi connectivity index (χ1v) is 9.21. The summed E-state index contributed by atoms with van der Waals surface area (Å²) in [7, 11) is -3.49. The number of fused-ring (bicyclic) bond motifs is 1. The summed E-state index contributed by atoms with van der Waals surface area (Å²) in [4.78, 5) is 0.339. The third-order valence-corrected chi connectivity index (χ3v) is 5.53. The molecule has 0 atom stereocenters. The van der Waals surface area contributed by atoms with E-state index in [1.54, 1.807) is 6.20 Å². The molecule has 23 heavy (non-hydrogen) atoms. The van der Waals surface area contributed by atoms with Crippen molar-refractivity contribution in [2.45, 2.75) is 30.5 Å². The lowest BCUT2D eigenvalue weighted by Gasteiger charge is -2.03. The van der Waals surface area contributed by atoms with Crippen LogP contribution in [0.4, 0.5) is 4.39 Å². The summed E-state index contributed by atoms with van der Waals surface area (Å²) in [6, 6.07) is 13.1. The number of halogens is 1. The van der Waals surface area contributed by atoms with E-state index >= 15 is 0 Å². The predicted octanol–water partition coefficient (Wildman–Crippen LogP) is 4.16. The highest BCUT2D eigenvalue weighted by molar-refractivity contribution is 7.90. The minimum atomic E-state index is -3.49. The van der Waals surface area contributed by atoms with Gasteiger partial charge >= 0.3 is 0 Å². The number of sulfone groups is 1. The molecule has 1 aromatic heterocycles. The van der Waals surface area contributed by atoms with Crippen LogP contribution in [0.5, 0.6) is 0 Å². The fraction of sp³-hybridized carbons (Fsp3) is 0.222. The van der Waals surface area contributed by atoms with Gasteiger partial charge in [0.25, 0.3) is 0 Å². The van der Waals surface area contributed by atoms with Gasteiger partial charge < -0.3 is 4.57 Å². The van der Waals surface area contributed by atoms with Crippen LogP contribution in [0.25, 0.3) is 10.9 Å². The molecule has 120 valence electrons. The summed E-state index contributed by atoms with van der Waals surface area (Å²) in [5.74, 6) is -0.501. The van der Waals surface area contributed by atoms with Crippen molar-refractivity contribution in [3.63, 3.8) is 0 Å². The molecule has 0 aliphatic rings. The molecule has 0 N–H and O–H groups in total. The molecule has 0 amide bonds. The molecule has 0 unspecified atom stereocenters. The van der Waals surface area contributed by atoms with Crippen molar-refractivity contribution in [1.29, 1.82) is 0 Å². The van der Waals surface area contributed by atoms with E-state index < -0.39 is 9.84 Å². The van der Waals surface area contributed by atoms with Crippen molar-refractivity contribution in [2.75, 3.05) is 0 Å². The normalized spacial score (nSPS) is 11.9. The molecule has 0 aliphatic carbocycles.